The van der Waals surface area contributed by atoms with E-state index in [0.717, 1.165) is 0 Å². The van der Waals surface area contributed by atoms with Gasteiger partial charge in [-0.1, -0.05) is 0 Å². The van der Waals surface area contributed by atoms with Crippen LogP contribution in [-0.4, -0.2) is 39.8 Å². The summed E-state index contributed by atoms with van der Waals surface area (Å²) in [5.41, 5.74) is 0.668. The van der Waals surface area contributed by atoms with Crippen LogP contribution in [0.25, 0.3) is 0 Å². The van der Waals surface area contributed by atoms with Crippen LogP contribution in [-0.2, 0) is 4.79 Å². The molecule has 0 aliphatic carbocycles. The molecule has 5 heteroatoms. The summed E-state index contributed by atoms with van der Waals surface area (Å²) in [5.74, 6) is -0.991. The fourth-order valence-electron chi connectivity index (χ4n) is 1.46. The highest BCUT2D eigenvalue weighted by molar-refractivity contribution is 5.69. The number of aliphatic carboxylic acids is 1. The third-order valence-electron chi connectivity index (χ3n) is 2.45. The van der Waals surface area contributed by atoms with Gasteiger partial charge < -0.3 is 15.3 Å². The van der Waals surface area contributed by atoms with Gasteiger partial charge in [0.2, 0.25) is 0 Å². The maximum absolute atomic E-state index is 10.5. The van der Waals surface area contributed by atoms with Crippen molar-refractivity contribution in [3.8, 4) is 11.5 Å². The van der Waals surface area contributed by atoms with E-state index in [0.29, 0.717) is 5.56 Å². The van der Waals surface area contributed by atoms with Crippen LogP contribution in [0.2, 0.25) is 0 Å². The number of nitrogens with zero attached hydrogens (tertiary/aromatic N) is 1. The van der Waals surface area contributed by atoms with Crippen LogP contribution >= 0.6 is 0 Å². The lowest BCUT2D eigenvalue weighted by atomic mass is 10.1. The molecular formula is C11H15NO4. The number of benzene rings is 1. The Hall–Kier alpha value is -1.75. The lowest BCUT2D eigenvalue weighted by Crippen LogP contribution is -2.28. The van der Waals surface area contributed by atoms with Gasteiger partial charge in [-0.05, 0) is 31.7 Å². The van der Waals surface area contributed by atoms with Crippen molar-refractivity contribution >= 4 is 5.97 Å². The molecule has 0 fully saturated rings. The summed E-state index contributed by atoms with van der Waals surface area (Å²) >= 11 is 0. The number of aromatic hydroxyl groups is 2. The summed E-state index contributed by atoms with van der Waals surface area (Å²) in [5, 5.41) is 27.3. The molecular weight excluding hydrogens is 210 g/mol. The quantitative estimate of drug-likeness (QED) is 0.716. The maximum Gasteiger partial charge on any atom is 0.317 e. The van der Waals surface area contributed by atoms with E-state index < -0.39 is 5.97 Å². The summed E-state index contributed by atoms with van der Waals surface area (Å²) in [6, 6.07) is 4.04. The minimum Gasteiger partial charge on any atom is -0.508 e. The van der Waals surface area contributed by atoms with E-state index >= 15 is 0 Å². The van der Waals surface area contributed by atoms with E-state index in [1.165, 1.54) is 18.2 Å². The molecule has 0 aromatic heterocycles. The van der Waals surface area contributed by atoms with Gasteiger partial charge in [0.25, 0.3) is 0 Å². The lowest BCUT2D eigenvalue weighted by molar-refractivity contribution is -0.138. The number of carbonyl (C=O) groups is 1. The van der Waals surface area contributed by atoms with Gasteiger partial charge in [-0.3, -0.25) is 9.69 Å². The molecule has 0 spiro atoms. The van der Waals surface area contributed by atoms with Crippen molar-refractivity contribution in [2.45, 2.75) is 13.0 Å². The maximum atomic E-state index is 10.5. The fraction of sp³-hybridized carbons (Fsp3) is 0.364. The van der Waals surface area contributed by atoms with Crippen molar-refractivity contribution in [3.63, 3.8) is 0 Å². The second kappa shape index (κ2) is 4.85. The topological polar surface area (TPSA) is 81.0 Å². The molecule has 0 amide bonds. The second-order valence-corrected chi connectivity index (χ2v) is 3.77. The third kappa shape index (κ3) is 3.13. The van der Waals surface area contributed by atoms with Crippen LogP contribution in [0.5, 0.6) is 11.5 Å². The third-order valence-corrected chi connectivity index (χ3v) is 2.45. The Labute approximate surface area is 93.6 Å². The zero-order valence-corrected chi connectivity index (χ0v) is 9.21. The summed E-state index contributed by atoms with van der Waals surface area (Å²) in [4.78, 5) is 12.1. The first-order valence-electron chi connectivity index (χ1n) is 4.85. The number of hydrogen-bond donors (Lipinski definition) is 3. The summed E-state index contributed by atoms with van der Waals surface area (Å²) in [6.07, 6.45) is 0. The average Bonchev–Trinajstić information content (AvgIpc) is 2.13. The van der Waals surface area contributed by atoms with Crippen molar-refractivity contribution in [3.05, 3.63) is 23.8 Å². The van der Waals surface area contributed by atoms with Crippen LogP contribution in [0.15, 0.2) is 18.2 Å². The van der Waals surface area contributed by atoms with E-state index in [9.17, 15) is 15.0 Å². The molecule has 0 aliphatic heterocycles. The highest BCUT2D eigenvalue weighted by atomic mass is 16.4. The van der Waals surface area contributed by atoms with E-state index in [-0.39, 0.29) is 24.1 Å². The molecule has 3 N–H and O–H groups in total. The zero-order chi connectivity index (χ0) is 12.3. The number of hydrogen-bond acceptors (Lipinski definition) is 4. The van der Waals surface area contributed by atoms with Crippen molar-refractivity contribution in [2.75, 3.05) is 13.6 Å². The Balaban J connectivity index is 2.86. The molecule has 0 bridgehead atoms. The zero-order valence-electron chi connectivity index (χ0n) is 9.21. The molecule has 5 nitrogen and oxygen atoms in total. The number of carboxylic acids is 1. The Morgan fingerprint density at radius 3 is 2.25 bits per heavy atom. The monoisotopic (exact) mass is 225 g/mol. The van der Waals surface area contributed by atoms with Crippen molar-refractivity contribution in [1.29, 1.82) is 0 Å². The molecule has 0 aliphatic rings. The van der Waals surface area contributed by atoms with Crippen LogP contribution < -0.4 is 0 Å². The van der Waals surface area contributed by atoms with Gasteiger partial charge in [0, 0.05) is 12.1 Å². The molecule has 0 radical (unpaired) electrons. The predicted molar refractivity (Wildman–Crippen MR) is 58.5 cm³/mol. The number of likely N-dealkylation sites (N-methyl/N-ethyl adjacent to an activating group) is 1. The molecule has 0 saturated heterocycles. The standard InChI is InChI=1S/C11H15NO4/c1-7(12(2)6-11(15)16)8-3-9(13)5-10(14)4-8/h3-5,7,13-14H,6H2,1-2H3,(H,15,16). The van der Waals surface area contributed by atoms with Gasteiger partial charge in [-0.25, -0.2) is 0 Å². The normalized spacial score (nSPS) is 12.7. The number of phenols is 2. The van der Waals surface area contributed by atoms with Gasteiger partial charge in [0.15, 0.2) is 0 Å². The Bertz CT molecular complexity index is 371. The summed E-state index contributed by atoms with van der Waals surface area (Å²) < 4.78 is 0. The van der Waals surface area contributed by atoms with Crippen LogP contribution in [0, 0.1) is 0 Å². The van der Waals surface area contributed by atoms with Crippen molar-refractivity contribution in [2.24, 2.45) is 0 Å². The fourth-order valence-corrected chi connectivity index (χ4v) is 1.46. The first kappa shape index (κ1) is 12.3. The SMILES string of the molecule is CC(c1cc(O)cc(O)c1)N(C)CC(=O)O. The molecule has 0 heterocycles. The smallest absolute Gasteiger partial charge is 0.317 e. The van der Waals surface area contributed by atoms with Crippen LogP contribution in [0.4, 0.5) is 0 Å². The predicted octanol–water partition coefficient (Wildman–Crippen LogP) is 1.18. The minimum atomic E-state index is -0.918. The van der Waals surface area contributed by atoms with E-state index in [2.05, 4.69) is 0 Å². The van der Waals surface area contributed by atoms with E-state index in [1.54, 1.807) is 18.9 Å². The van der Waals surface area contributed by atoms with Gasteiger partial charge >= 0.3 is 5.97 Å². The first-order valence-corrected chi connectivity index (χ1v) is 4.85. The number of rotatable bonds is 4. The Kier molecular flexibility index (Phi) is 3.73. The highest BCUT2D eigenvalue weighted by Crippen LogP contribution is 2.27. The molecule has 88 valence electrons. The van der Waals surface area contributed by atoms with Crippen LogP contribution in [0.1, 0.15) is 18.5 Å². The largest absolute Gasteiger partial charge is 0.508 e. The minimum absolute atomic E-state index is 0.0365. The average molecular weight is 225 g/mol. The summed E-state index contributed by atoms with van der Waals surface area (Å²) in [6.45, 7) is 1.70. The molecule has 16 heavy (non-hydrogen) atoms. The molecule has 1 rings (SSSR count). The van der Waals surface area contributed by atoms with Gasteiger partial charge in [-0.15, -0.1) is 0 Å². The van der Waals surface area contributed by atoms with Gasteiger partial charge in [0.1, 0.15) is 11.5 Å². The van der Waals surface area contributed by atoms with Crippen molar-refractivity contribution < 1.29 is 20.1 Å². The lowest BCUT2D eigenvalue weighted by Gasteiger charge is -2.23. The molecule has 1 unspecified atom stereocenters. The van der Waals surface area contributed by atoms with Gasteiger partial charge in [-0.2, -0.15) is 0 Å². The van der Waals surface area contributed by atoms with E-state index in [4.69, 9.17) is 5.11 Å². The number of phenolic OH excluding ortho intramolecular Hbond substituents is 2. The first-order chi connectivity index (χ1) is 7.40. The second-order valence-electron chi connectivity index (χ2n) is 3.77. The summed E-state index contributed by atoms with van der Waals surface area (Å²) in [7, 11) is 1.67. The molecule has 1 atom stereocenters. The Morgan fingerprint density at radius 1 is 1.31 bits per heavy atom. The Morgan fingerprint density at radius 2 is 1.81 bits per heavy atom. The van der Waals surface area contributed by atoms with Crippen molar-refractivity contribution in [1.82, 2.24) is 4.90 Å². The van der Waals surface area contributed by atoms with Gasteiger partial charge in [0.05, 0.1) is 6.54 Å². The molecule has 0 saturated carbocycles. The van der Waals surface area contributed by atoms with Crippen LogP contribution in [0.3, 0.4) is 0 Å². The highest BCUT2D eigenvalue weighted by Gasteiger charge is 2.15. The number of carboxylic acid groups (broad SMARTS) is 1. The van der Waals surface area contributed by atoms with E-state index in [1.807, 2.05) is 0 Å². The molecule has 1 aromatic rings. The molecule has 1 aromatic carbocycles.